The van der Waals surface area contributed by atoms with Crippen molar-refractivity contribution in [1.82, 2.24) is 0 Å². The first kappa shape index (κ1) is 9.68. The molecule has 2 N–H and O–H groups in total. The van der Waals surface area contributed by atoms with Crippen LogP contribution in [-0.4, -0.2) is 22.2 Å². The maximum atomic E-state index is 10.4. The lowest BCUT2D eigenvalue weighted by molar-refractivity contribution is -0.162. The quantitative estimate of drug-likeness (QED) is 0.467. The van der Waals surface area contributed by atoms with Crippen molar-refractivity contribution in [2.75, 3.05) is 0 Å². The summed E-state index contributed by atoms with van der Waals surface area (Å²) in [6.45, 7) is 4.44. The Labute approximate surface area is 64.2 Å². The summed E-state index contributed by atoms with van der Waals surface area (Å²) in [7, 11) is 0. The summed E-state index contributed by atoms with van der Waals surface area (Å²) in [4.78, 5) is 20.8. The number of carbonyl (C=O) groups is 2. The van der Waals surface area contributed by atoms with Crippen LogP contribution in [0.25, 0.3) is 0 Å². The average Bonchev–Trinajstić information content (AvgIpc) is 1.87. The van der Waals surface area contributed by atoms with E-state index in [-0.39, 0.29) is 6.42 Å². The molecule has 0 aromatic carbocycles. The zero-order valence-corrected chi connectivity index (χ0v) is 6.20. The van der Waals surface area contributed by atoms with Crippen LogP contribution in [0.15, 0.2) is 12.7 Å². The summed E-state index contributed by atoms with van der Waals surface area (Å²) in [5.41, 5.74) is -1.73. The van der Waals surface area contributed by atoms with Crippen molar-refractivity contribution in [2.45, 2.75) is 13.3 Å². The minimum absolute atomic E-state index is 0.0718. The Bertz CT molecular complexity index is 181. The molecule has 0 aromatic rings. The summed E-state index contributed by atoms with van der Waals surface area (Å²) in [5.74, 6) is -2.69. The van der Waals surface area contributed by atoms with Gasteiger partial charge in [-0.2, -0.15) is 0 Å². The third kappa shape index (κ3) is 1.80. The van der Waals surface area contributed by atoms with Gasteiger partial charge in [0.05, 0.1) is 0 Å². The molecule has 0 saturated heterocycles. The van der Waals surface area contributed by atoms with E-state index in [1.165, 1.54) is 6.08 Å². The maximum absolute atomic E-state index is 10.4. The van der Waals surface area contributed by atoms with Gasteiger partial charge in [0.1, 0.15) is 0 Å². The molecule has 0 amide bonds. The monoisotopic (exact) mass is 158 g/mol. The molecule has 4 heteroatoms. The first-order valence-corrected chi connectivity index (χ1v) is 3.03. The van der Waals surface area contributed by atoms with Gasteiger partial charge in [-0.1, -0.05) is 6.08 Å². The average molecular weight is 158 g/mol. The van der Waals surface area contributed by atoms with Crippen molar-refractivity contribution in [1.29, 1.82) is 0 Å². The summed E-state index contributed by atoms with van der Waals surface area (Å²) < 4.78 is 0. The van der Waals surface area contributed by atoms with Gasteiger partial charge in [0, 0.05) is 0 Å². The Balaban J connectivity index is 4.65. The topological polar surface area (TPSA) is 74.6 Å². The third-order valence-electron chi connectivity index (χ3n) is 1.50. The SMILES string of the molecule is C=CCC(C)(C(=O)O)C(=O)O. The number of rotatable bonds is 4. The Morgan fingerprint density at radius 1 is 1.45 bits per heavy atom. The van der Waals surface area contributed by atoms with Gasteiger partial charge >= 0.3 is 11.9 Å². The molecule has 0 rings (SSSR count). The van der Waals surface area contributed by atoms with E-state index in [4.69, 9.17) is 10.2 Å². The molecule has 0 radical (unpaired) electrons. The lowest BCUT2D eigenvalue weighted by Crippen LogP contribution is -2.35. The smallest absolute Gasteiger partial charge is 0.321 e. The van der Waals surface area contributed by atoms with E-state index in [1.54, 1.807) is 0 Å². The van der Waals surface area contributed by atoms with Gasteiger partial charge in [0.2, 0.25) is 0 Å². The van der Waals surface area contributed by atoms with Crippen LogP contribution < -0.4 is 0 Å². The summed E-state index contributed by atoms with van der Waals surface area (Å²) in [5, 5.41) is 17.0. The van der Waals surface area contributed by atoms with Crippen molar-refractivity contribution >= 4 is 11.9 Å². The van der Waals surface area contributed by atoms with Crippen molar-refractivity contribution < 1.29 is 19.8 Å². The largest absolute Gasteiger partial charge is 0.480 e. The highest BCUT2D eigenvalue weighted by atomic mass is 16.4. The molecule has 0 unspecified atom stereocenters. The summed E-state index contributed by atoms with van der Waals surface area (Å²) in [6, 6.07) is 0. The second kappa shape index (κ2) is 3.18. The number of hydrogen-bond donors (Lipinski definition) is 2. The molecule has 0 aliphatic rings. The van der Waals surface area contributed by atoms with Crippen molar-refractivity contribution in [3.05, 3.63) is 12.7 Å². The molecule has 0 aromatic heterocycles. The second-order valence-corrected chi connectivity index (χ2v) is 2.44. The first-order chi connectivity index (χ1) is 4.95. The number of hydrogen-bond acceptors (Lipinski definition) is 2. The first-order valence-electron chi connectivity index (χ1n) is 3.03. The maximum Gasteiger partial charge on any atom is 0.321 e. The molecular formula is C7H10O4. The molecule has 0 aliphatic heterocycles. The zero-order chi connectivity index (χ0) is 9.07. The van der Waals surface area contributed by atoms with Crippen molar-refractivity contribution in [2.24, 2.45) is 5.41 Å². The molecule has 0 aliphatic carbocycles. The fourth-order valence-corrected chi connectivity index (χ4v) is 0.555. The Morgan fingerprint density at radius 3 is 1.91 bits per heavy atom. The van der Waals surface area contributed by atoms with Gasteiger partial charge in [-0.25, -0.2) is 0 Å². The lowest BCUT2D eigenvalue weighted by Gasteiger charge is -2.16. The molecule has 11 heavy (non-hydrogen) atoms. The van der Waals surface area contributed by atoms with Gasteiger partial charge in [0.25, 0.3) is 0 Å². The van der Waals surface area contributed by atoms with Gasteiger partial charge in [-0.15, -0.1) is 6.58 Å². The number of allylic oxidation sites excluding steroid dienone is 1. The van der Waals surface area contributed by atoms with E-state index in [2.05, 4.69) is 6.58 Å². The van der Waals surface area contributed by atoms with Crippen LogP contribution in [0, 0.1) is 5.41 Å². The molecule has 0 fully saturated rings. The molecular weight excluding hydrogens is 148 g/mol. The highest BCUT2D eigenvalue weighted by Crippen LogP contribution is 2.21. The number of aliphatic carboxylic acids is 2. The fourth-order valence-electron chi connectivity index (χ4n) is 0.555. The van der Waals surface area contributed by atoms with Gasteiger partial charge in [-0.05, 0) is 13.3 Å². The Morgan fingerprint density at radius 2 is 1.82 bits per heavy atom. The zero-order valence-electron chi connectivity index (χ0n) is 6.20. The van der Waals surface area contributed by atoms with Gasteiger partial charge in [-0.3, -0.25) is 9.59 Å². The second-order valence-electron chi connectivity index (χ2n) is 2.44. The number of carboxylic acids is 2. The van der Waals surface area contributed by atoms with E-state index < -0.39 is 17.4 Å². The van der Waals surface area contributed by atoms with E-state index >= 15 is 0 Å². The lowest BCUT2D eigenvalue weighted by atomic mass is 9.87. The van der Waals surface area contributed by atoms with Crippen LogP contribution in [0.1, 0.15) is 13.3 Å². The fraction of sp³-hybridized carbons (Fsp3) is 0.429. The van der Waals surface area contributed by atoms with Gasteiger partial charge in [0.15, 0.2) is 5.41 Å². The Kier molecular flexibility index (Phi) is 2.80. The molecule has 0 heterocycles. The molecule has 0 bridgehead atoms. The van der Waals surface area contributed by atoms with Crippen LogP contribution in [0.4, 0.5) is 0 Å². The minimum Gasteiger partial charge on any atom is -0.480 e. The predicted octanol–water partition coefficient (Wildman–Crippen LogP) is 0.738. The highest BCUT2D eigenvalue weighted by molar-refractivity contribution is 5.97. The Hall–Kier alpha value is -1.32. The molecule has 0 spiro atoms. The normalized spacial score (nSPS) is 10.6. The van der Waals surface area contributed by atoms with Crippen LogP contribution >= 0.6 is 0 Å². The van der Waals surface area contributed by atoms with E-state index in [0.29, 0.717) is 0 Å². The van der Waals surface area contributed by atoms with Crippen molar-refractivity contribution in [3.8, 4) is 0 Å². The van der Waals surface area contributed by atoms with Crippen LogP contribution in [0.2, 0.25) is 0 Å². The van der Waals surface area contributed by atoms with E-state index in [9.17, 15) is 9.59 Å². The van der Waals surface area contributed by atoms with Crippen LogP contribution in [0.3, 0.4) is 0 Å². The molecule has 0 saturated carbocycles. The van der Waals surface area contributed by atoms with Crippen molar-refractivity contribution in [3.63, 3.8) is 0 Å². The van der Waals surface area contributed by atoms with Crippen LogP contribution in [-0.2, 0) is 9.59 Å². The molecule has 62 valence electrons. The van der Waals surface area contributed by atoms with E-state index in [1.807, 2.05) is 0 Å². The summed E-state index contributed by atoms with van der Waals surface area (Å²) in [6.07, 6.45) is 1.21. The van der Waals surface area contributed by atoms with E-state index in [0.717, 1.165) is 6.92 Å². The molecule has 4 nitrogen and oxygen atoms in total. The highest BCUT2D eigenvalue weighted by Gasteiger charge is 2.40. The predicted molar refractivity (Wildman–Crippen MR) is 38.2 cm³/mol. The van der Waals surface area contributed by atoms with Crippen LogP contribution in [0.5, 0.6) is 0 Å². The number of carboxylic acid groups (broad SMARTS) is 2. The summed E-state index contributed by atoms with van der Waals surface area (Å²) >= 11 is 0. The van der Waals surface area contributed by atoms with Gasteiger partial charge < -0.3 is 10.2 Å². The molecule has 0 atom stereocenters. The minimum atomic E-state index is -1.73. The standard InChI is InChI=1S/C7H10O4/c1-3-4-7(2,5(8)9)6(10)11/h3H,1,4H2,2H3,(H,8,9)(H,10,11). The third-order valence-corrected chi connectivity index (χ3v) is 1.50.